The number of aryl methyl sites for hydroxylation is 2. The van der Waals surface area contributed by atoms with Crippen LogP contribution in [0.5, 0.6) is 11.5 Å². The van der Waals surface area contributed by atoms with Gasteiger partial charge in [0.1, 0.15) is 44.9 Å². The Kier molecular flexibility index (Phi) is 11.1. The van der Waals surface area contributed by atoms with Gasteiger partial charge in [-0.25, -0.2) is 0 Å². The lowest BCUT2D eigenvalue weighted by Gasteiger charge is -2.24. The number of fused-ring (bicyclic) bond motifs is 2. The third-order valence-electron chi connectivity index (χ3n) is 9.56. The van der Waals surface area contributed by atoms with Crippen LogP contribution in [0.25, 0.3) is 39.5 Å². The topological polar surface area (TPSA) is 209 Å². The molecule has 58 heavy (non-hydrogen) atoms. The normalized spacial score (nSPS) is 13.5. The number of amides is 2. The standard InChI is InChI=1S/C29H27N5O5.C14H13N3O2/c1-3-33(21-7-4-18(5-8-21)12-22-26(36)14-27(37)30-29(22)39)15-20-10-17(2)11-25(28(20)38)34-31-23-9-6-19(16-35)13-24(23)32-34;1-9-2-5-14(19)13(6-9)17-15-11-4-3-10(8-18)7-12(11)16-17/h4-13,35,38H,3,14-16H2,1-2H3,(H,30,37,39);2-7,18-19H,8H2,1H3/b22-12+;. The number of piperidine rings is 1. The number of hydrogen-bond acceptors (Lipinski definition) is 12. The molecule has 0 spiro atoms. The van der Waals surface area contributed by atoms with E-state index in [1.165, 1.54) is 15.7 Å². The predicted molar refractivity (Wildman–Crippen MR) is 216 cm³/mol. The Bertz CT molecular complexity index is 2710. The molecule has 0 saturated carbocycles. The first-order valence-electron chi connectivity index (χ1n) is 18.4. The van der Waals surface area contributed by atoms with Crippen molar-refractivity contribution in [3.8, 4) is 22.9 Å². The summed E-state index contributed by atoms with van der Waals surface area (Å²) in [4.78, 5) is 40.4. The first-order valence-corrected chi connectivity index (χ1v) is 18.4. The van der Waals surface area contributed by atoms with Crippen LogP contribution in [0, 0.1) is 13.8 Å². The van der Waals surface area contributed by atoms with Crippen LogP contribution in [-0.4, -0.2) is 74.6 Å². The van der Waals surface area contributed by atoms with Crippen LogP contribution in [0.4, 0.5) is 5.69 Å². The molecule has 3 heterocycles. The Balaban J connectivity index is 0.000000224. The van der Waals surface area contributed by atoms with Crippen molar-refractivity contribution < 1.29 is 34.8 Å². The van der Waals surface area contributed by atoms with Crippen molar-refractivity contribution in [2.75, 3.05) is 11.4 Å². The molecule has 0 unspecified atom stereocenters. The lowest BCUT2D eigenvalue weighted by molar-refractivity contribution is -0.134. The van der Waals surface area contributed by atoms with Crippen LogP contribution in [0.15, 0.2) is 96.6 Å². The number of Topliss-reactive ketones (excluding diaryl/α,β-unsaturated/α-hetero) is 1. The number of nitrogens with zero attached hydrogens (tertiary/aromatic N) is 7. The number of phenolic OH excluding ortho intramolecular Hbond substituents is 2. The van der Waals surface area contributed by atoms with E-state index in [0.29, 0.717) is 52.1 Å². The van der Waals surface area contributed by atoms with Gasteiger partial charge in [0.05, 0.1) is 25.2 Å². The monoisotopic (exact) mass is 780 g/mol. The molecule has 15 heteroatoms. The third kappa shape index (κ3) is 8.30. The highest BCUT2D eigenvalue weighted by Gasteiger charge is 2.28. The number of carbonyl (C=O) groups is 3. The lowest BCUT2D eigenvalue weighted by Crippen LogP contribution is -2.40. The maximum absolute atomic E-state index is 12.1. The molecule has 1 aliphatic rings. The van der Waals surface area contributed by atoms with E-state index in [1.54, 1.807) is 54.6 Å². The van der Waals surface area contributed by atoms with Crippen molar-refractivity contribution >= 4 is 51.4 Å². The highest BCUT2D eigenvalue weighted by atomic mass is 16.3. The number of anilines is 1. The molecule has 0 radical (unpaired) electrons. The van der Waals surface area contributed by atoms with Crippen LogP contribution < -0.4 is 10.2 Å². The minimum Gasteiger partial charge on any atom is -0.506 e. The highest BCUT2D eigenvalue weighted by molar-refractivity contribution is 6.32. The van der Waals surface area contributed by atoms with E-state index in [1.807, 2.05) is 57.2 Å². The number of ketones is 1. The Morgan fingerprint density at radius 2 is 1.29 bits per heavy atom. The second-order valence-electron chi connectivity index (χ2n) is 13.9. The second-order valence-corrected chi connectivity index (χ2v) is 13.9. The van der Waals surface area contributed by atoms with E-state index in [0.717, 1.165) is 33.5 Å². The van der Waals surface area contributed by atoms with Gasteiger partial charge >= 0.3 is 0 Å². The summed E-state index contributed by atoms with van der Waals surface area (Å²) < 4.78 is 0. The number of aromatic hydroxyl groups is 2. The Labute approximate surface area is 332 Å². The number of aliphatic hydroxyl groups is 2. The first kappa shape index (κ1) is 39.0. The van der Waals surface area contributed by atoms with Crippen molar-refractivity contribution in [2.24, 2.45) is 0 Å². The second kappa shape index (κ2) is 16.5. The molecule has 0 aliphatic carbocycles. The van der Waals surface area contributed by atoms with Crippen LogP contribution in [0.1, 0.15) is 46.7 Å². The maximum atomic E-state index is 12.1. The van der Waals surface area contributed by atoms with Gasteiger partial charge in [-0.05, 0) is 109 Å². The summed E-state index contributed by atoms with van der Waals surface area (Å²) in [6.45, 7) is 6.83. The fourth-order valence-electron chi connectivity index (χ4n) is 6.52. The summed E-state index contributed by atoms with van der Waals surface area (Å²) in [6.07, 6.45) is 1.14. The van der Waals surface area contributed by atoms with Gasteiger partial charge in [0.15, 0.2) is 5.78 Å². The van der Waals surface area contributed by atoms with Gasteiger partial charge in [0.25, 0.3) is 5.91 Å². The average Bonchev–Trinajstić information content (AvgIpc) is 3.84. The lowest BCUT2D eigenvalue weighted by atomic mass is 10.0. The Morgan fingerprint density at radius 3 is 1.88 bits per heavy atom. The summed E-state index contributed by atoms with van der Waals surface area (Å²) >= 11 is 0. The smallest absolute Gasteiger partial charge is 0.261 e. The molecule has 0 bridgehead atoms. The molecular formula is C43H40N8O7. The minimum atomic E-state index is -0.686. The van der Waals surface area contributed by atoms with E-state index in [9.17, 15) is 29.7 Å². The fraction of sp³-hybridized carbons (Fsp3) is 0.186. The predicted octanol–water partition coefficient (Wildman–Crippen LogP) is 4.88. The largest absolute Gasteiger partial charge is 0.506 e. The number of benzene rings is 5. The van der Waals surface area contributed by atoms with Crippen molar-refractivity contribution in [3.05, 3.63) is 130 Å². The molecule has 2 amide bonds. The Morgan fingerprint density at radius 1 is 0.707 bits per heavy atom. The SMILES string of the molecule is CCN(Cc1cc(C)cc(-n2nc3ccc(CO)cc3n2)c1O)c1ccc(/C=C2\C(=O)CC(=O)NC2=O)cc1.Cc1ccc(O)c(-n2nc3ccc(CO)cc3n2)c1. The summed E-state index contributed by atoms with van der Waals surface area (Å²) in [5, 5.41) is 59.4. The van der Waals surface area contributed by atoms with Crippen molar-refractivity contribution in [2.45, 2.75) is 47.0 Å². The average molecular weight is 781 g/mol. The van der Waals surface area contributed by atoms with Crippen LogP contribution in [0.2, 0.25) is 0 Å². The van der Waals surface area contributed by atoms with Gasteiger partial charge in [-0.15, -0.1) is 30.0 Å². The molecule has 1 fully saturated rings. The molecular weight excluding hydrogens is 741 g/mol. The van der Waals surface area contributed by atoms with Crippen LogP contribution in [-0.2, 0) is 34.1 Å². The molecule has 5 N–H and O–H groups in total. The van der Waals surface area contributed by atoms with Crippen LogP contribution >= 0.6 is 0 Å². The zero-order chi connectivity index (χ0) is 41.1. The molecule has 1 saturated heterocycles. The summed E-state index contributed by atoms with van der Waals surface area (Å²) in [5.41, 5.74) is 9.34. The van der Waals surface area contributed by atoms with Gasteiger partial charge in [0, 0.05) is 24.3 Å². The fourth-order valence-corrected chi connectivity index (χ4v) is 6.52. The summed E-state index contributed by atoms with van der Waals surface area (Å²) in [5.74, 6) is -1.57. The number of nitrogens with one attached hydrogen (secondary N) is 1. The number of phenols is 2. The number of aromatic nitrogens is 6. The maximum Gasteiger partial charge on any atom is 0.261 e. The number of aliphatic hydroxyl groups excluding tert-OH is 2. The van der Waals surface area contributed by atoms with Gasteiger partial charge < -0.3 is 25.3 Å². The van der Waals surface area contributed by atoms with Gasteiger partial charge in [0.2, 0.25) is 5.91 Å². The van der Waals surface area contributed by atoms with E-state index < -0.39 is 17.6 Å². The van der Waals surface area contributed by atoms with Crippen molar-refractivity contribution in [1.82, 2.24) is 35.3 Å². The summed E-state index contributed by atoms with van der Waals surface area (Å²) in [7, 11) is 0. The molecule has 7 aromatic rings. The number of rotatable bonds is 9. The molecule has 15 nitrogen and oxygen atoms in total. The molecule has 0 atom stereocenters. The Hall–Kier alpha value is -7.23. The van der Waals surface area contributed by atoms with Gasteiger partial charge in [-0.1, -0.05) is 36.4 Å². The molecule has 8 rings (SSSR count). The molecule has 1 aliphatic heterocycles. The van der Waals surface area contributed by atoms with E-state index in [-0.39, 0.29) is 36.7 Å². The van der Waals surface area contributed by atoms with Crippen molar-refractivity contribution in [1.29, 1.82) is 0 Å². The van der Waals surface area contributed by atoms with E-state index >= 15 is 0 Å². The molecule has 294 valence electrons. The third-order valence-corrected chi connectivity index (χ3v) is 9.56. The molecule has 2 aromatic heterocycles. The van der Waals surface area contributed by atoms with E-state index in [4.69, 9.17) is 5.11 Å². The number of hydrogen-bond donors (Lipinski definition) is 5. The first-order chi connectivity index (χ1) is 27.9. The van der Waals surface area contributed by atoms with Crippen molar-refractivity contribution in [3.63, 3.8) is 0 Å². The quantitative estimate of drug-likeness (QED) is 0.0575. The zero-order valence-corrected chi connectivity index (χ0v) is 31.9. The molecule has 5 aromatic carbocycles. The zero-order valence-electron chi connectivity index (χ0n) is 31.9. The summed E-state index contributed by atoms with van der Waals surface area (Å²) in [6, 6.07) is 27.1. The van der Waals surface area contributed by atoms with Gasteiger partial charge in [-0.2, -0.15) is 0 Å². The van der Waals surface area contributed by atoms with Crippen LogP contribution in [0.3, 0.4) is 0 Å². The minimum absolute atomic E-state index is 0.0293. The van der Waals surface area contributed by atoms with Gasteiger partial charge in [-0.3, -0.25) is 19.7 Å². The number of carbonyl (C=O) groups excluding carboxylic acids is 3. The highest BCUT2D eigenvalue weighted by Crippen LogP contribution is 2.31. The number of imide groups is 1. The van der Waals surface area contributed by atoms with E-state index in [2.05, 4.69) is 30.6 Å².